The molecule has 0 bridgehead atoms. The van der Waals surface area contributed by atoms with Crippen LogP contribution in [0.2, 0.25) is 0 Å². The van der Waals surface area contributed by atoms with Crippen molar-refractivity contribution in [2.24, 2.45) is 0 Å². The number of benzene rings is 2. The topological polar surface area (TPSA) is 62.3 Å². The molecule has 0 radical (unpaired) electrons. The normalized spacial score (nSPS) is 10.3. The Morgan fingerprint density at radius 3 is 2.33 bits per heavy atom. The van der Waals surface area contributed by atoms with E-state index in [-0.39, 0.29) is 17.1 Å². The Balaban J connectivity index is 1.80. The molecule has 3 aromatic rings. The molecule has 7 heteroatoms. The van der Waals surface area contributed by atoms with Crippen molar-refractivity contribution in [1.29, 1.82) is 0 Å². The largest absolute Gasteiger partial charge is 0.318 e. The number of amides is 2. The molecule has 0 atom stereocenters. The molecule has 27 heavy (non-hydrogen) atoms. The van der Waals surface area contributed by atoms with Gasteiger partial charge in [-0.05, 0) is 36.4 Å². The van der Waals surface area contributed by atoms with Crippen LogP contribution in [0, 0.1) is 11.6 Å². The minimum Gasteiger partial charge on any atom is -0.318 e. The standard InChI is InChI=1S/C20H15F2N3O2/c1-25(14-6-3-2-4-7-14)20(27)18-9-5-8-17(23-18)19(26)24-16-11-10-13(21)12-15(16)22/h2-12H,1H3,(H,24,26). The van der Waals surface area contributed by atoms with Crippen molar-refractivity contribution >= 4 is 23.2 Å². The Labute approximate surface area is 154 Å². The molecule has 2 aromatic carbocycles. The predicted molar refractivity (Wildman–Crippen MR) is 97.7 cm³/mol. The molecule has 0 saturated carbocycles. The molecule has 0 fully saturated rings. The van der Waals surface area contributed by atoms with Crippen molar-refractivity contribution < 1.29 is 18.4 Å². The number of aromatic nitrogens is 1. The van der Waals surface area contributed by atoms with E-state index >= 15 is 0 Å². The zero-order valence-electron chi connectivity index (χ0n) is 14.3. The van der Waals surface area contributed by atoms with Crippen LogP contribution in [0.3, 0.4) is 0 Å². The third kappa shape index (κ3) is 4.14. The maximum absolute atomic E-state index is 13.7. The highest BCUT2D eigenvalue weighted by molar-refractivity contribution is 6.07. The number of rotatable bonds is 4. The maximum Gasteiger partial charge on any atom is 0.276 e. The number of hydrogen-bond donors (Lipinski definition) is 1. The van der Waals surface area contributed by atoms with Gasteiger partial charge < -0.3 is 10.2 Å². The summed E-state index contributed by atoms with van der Waals surface area (Å²) in [5.41, 5.74) is 0.494. The van der Waals surface area contributed by atoms with E-state index in [4.69, 9.17) is 0 Å². The zero-order chi connectivity index (χ0) is 19.4. The molecule has 1 N–H and O–H groups in total. The van der Waals surface area contributed by atoms with Gasteiger partial charge in [0.15, 0.2) is 0 Å². The van der Waals surface area contributed by atoms with Crippen LogP contribution in [-0.4, -0.2) is 23.8 Å². The van der Waals surface area contributed by atoms with Gasteiger partial charge in [-0.25, -0.2) is 13.8 Å². The molecule has 2 amide bonds. The molecule has 0 aliphatic rings. The van der Waals surface area contributed by atoms with Gasteiger partial charge >= 0.3 is 0 Å². The van der Waals surface area contributed by atoms with Gasteiger partial charge in [-0.3, -0.25) is 9.59 Å². The fourth-order valence-electron chi connectivity index (χ4n) is 2.40. The number of carbonyl (C=O) groups is 2. The number of carbonyl (C=O) groups excluding carboxylic acids is 2. The zero-order valence-corrected chi connectivity index (χ0v) is 14.3. The smallest absolute Gasteiger partial charge is 0.276 e. The second-order valence-electron chi connectivity index (χ2n) is 5.69. The molecule has 5 nitrogen and oxygen atoms in total. The Kier molecular flexibility index (Phi) is 5.21. The van der Waals surface area contributed by atoms with E-state index in [1.807, 2.05) is 6.07 Å². The first-order chi connectivity index (χ1) is 13.0. The summed E-state index contributed by atoms with van der Waals surface area (Å²) in [7, 11) is 1.60. The van der Waals surface area contributed by atoms with Crippen LogP contribution in [0.15, 0.2) is 66.7 Å². The molecule has 1 aromatic heterocycles. The van der Waals surface area contributed by atoms with Crippen LogP contribution < -0.4 is 10.2 Å². The van der Waals surface area contributed by atoms with E-state index in [0.717, 1.165) is 12.1 Å². The van der Waals surface area contributed by atoms with Gasteiger partial charge in [-0.15, -0.1) is 0 Å². The van der Waals surface area contributed by atoms with E-state index in [0.29, 0.717) is 11.8 Å². The summed E-state index contributed by atoms with van der Waals surface area (Å²) < 4.78 is 26.6. The Morgan fingerprint density at radius 1 is 0.926 bits per heavy atom. The molecule has 0 unspecified atom stereocenters. The average molecular weight is 367 g/mol. The van der Waals surface area contributed by atoms with Crippen molar-refractivity contribution in [1.82, 2.24) is 4.98 Å². The lowest BCUT2D eigenvalue weighted by Crippen LogP contribution is -2.27. The highest BCUT2D eigenvalue weighted by atomic mass is 19.1. The van der Waals surface area contributed by atoms with Gasteiger partial charge in [0.2, 0.25) is 0 Å². The maximum atomic E-state index is 13.7. The van der Waals surface area contributed by atoms with E-state index in [9.17, 15) is 18.4 Å². The Morgan fingerprint density at radius 2 is 1.63 bits per heavy atom. The van der Waals surface area contributed by atoms with Crippen molar-refractivity contribution in [2.75, 3.05) is 17.3 Å². The van der Waals surface area contributed by atoms with Gasteiger partial charge in [0.1, 0.15) is 23.0 Å². The Hall–Kier alpha value is -3.61. The van der Waals surface area contributed by atoms with E-state index < -0.39 is 23.4 Å². The van der Waals surface area contributed by atoms with Crippen LogP contribution >= 0.6 is 0 Å². The lowest BCUT2D eigenvalue weighted by atomic mass is 10.2. The van der Waals surface area contributed by atoms with Crippen LogP contribution in [-0.2, 0) is 0 Å². The summed E-state index contributed by atoms with van der Waals surface area (Å²) in [5, 5.41) is 2.31. The second-order valence-corrected chi connectivity index (χ2v) is 5.69. The summed E-state index contributed by atoms with van der Waals surface area (Å²) in [4.78, 5) is 30.4. The molecule has 136 valence electrons. The molecule has 0 aliphatic carbocycles. The fourth-order valence-corrected chi connectivity index (χ4v) is 2.40. The highest BCUT2D eigenvalue weighted by Crippen LogP contribution is 2.17. The number of nitrogens with one attached hydrogen (secondary N) is 1. The number of hydrogen-bond acceptors (Lipinski definition) is 3. The number of nitrogens with zero attached hydrogens (tertiary/aromatic N) is 2. The Bertz CT molecular complexity index is 994. The third-order valence-electron chi connectivity index (χ3n) is 3.83. The number of anilines is 2. The van der Waals surface area contributed by atoms with Crippen molar-refractivity contribution in [3.8, 4) is 0 Å². The van der Waals surface area contributed by atoms with Crippen molar-refractivity contribution in [2.45, 2.75) is 0 Å². The van der Waals surface area contributed by atoms with Gasteiger partial charge in [-0.1, -0.05) is 24.3 Å². The van der Waals surface area contributed by atoms with Gasteiger partial charge in [0.25, 0.3) is 11.8 Å². The molecular weight excluding hydrogens is 352 g/mol. The summed E-state index contributed by atoms with van der Waals surface area (Å²) in [6.07, 6.45) is 0. The molecule has 0 aliphatic heterocycles. The first-order valence-electron chi connectivity index (χ1n) is 8.02. The van der Waals surface area contributed by atoms with Crippen molar-refractivity contribution in [3.63, 3.8) is 0 Å². The number of para-hydroxylation sites is 1. The van der Waals surface area contributed by atoms with Crippen LogP contribution in [0.4, 0.5) is 20.2 Å². The monoisotopic (exact) mass is 367 g/mol. The van der Waals surface area contributed by atoms with E-state index in [1.165, 1.54) is 23.1 Å². The minimum absolute atomic E-state index is 0.0635. The van der Waals surface area contributed by atoms with Gasteiger partial charge in [0.05, 0.1) is 5.69 Å². The fraction of sp³-hybridized carbons (Fsp3) is 0.0500. The van der Waals surface area contributed by atoms with Crippen molar-refractivity contribution in [3.05, 3.63) is 89.8 Å². The highest BCUT2D eigenvalue weighted by Gasteiger charge is 2.17. The van der Waals surface area contributed by atoms with Gasteiger partial charge in [0, 0.05) is 18.8 Å². The predicted octanol–water partition coefficient (Wildman–Crippen LogP) is 3.89. The summed E-state index contributed by atoms with van der Waals surface area (Å²) in [6, 6.07) is 16.2. The number of pyridine rings is 1. The quantitative estimate of drug-likeness (QED) is 0.761. The summed E-state index contributed by atoms with van der Waals surface area (Å²) in [5.74, 6) is -2.76. The number of halogens is 2. The van der Waals surface area contributed by atoms with E-state index in [2.05, 4.69) is 10.3 Å². The lowest BCUT2D eigenvalue weighted by molar-refractivity contribution is 0.0987. The summed E-state index contributed by atoms with van der Waals surface area (Å²) >= 11 is 0. The lowest BCUT2D eigenvalue weighted by Gasteiger charge is -2.17. The molecule has 0 spiro atoms. The average Bonchev–Trinajstić information content (AvgIpc) is 2.69. The van der Waals surface area contributed by atoms with Crippen LogP contribution in [0.1, 0.15) is 21.0 Å². The molecule has 1 heterocycles. The first-order valence-corrected chi connectivity index (χ1v) is 8.02. The van der Waals surface area contributed by atoms with Crippen LogP contribution in [0.25, 0.3) is 0 Å². The van der Waals surface area contributed by atoms with Gasteiger partial charge in [-0.2, -0.15) is 0 Å². The molecule has 0 saturated heterocycles. The third-order valence-corrected chi connectivity index (χ3v) is 3.83. The first kappa shape index (κ1) is 18.2. The second kappa shape index (κ2) is 7.74. The van der Waals surface area contributed by atoms with Crippen LogP contribution in [0.5, 0.6) is 0 Å². The minimum atomic E-state index is -0.903. The summed E-state index contributed by atoms with van der Waals surface area (Å²) in [6.45, 7) is 0. The molecular formula is C20H15F2N3O2. The van der Waals surface area contributed by atoms with E-state index in [1.54, 1.807) is 31.3 Å². The molecule has 3 rings (SSSR count). The SMILES string of the molecule is CN(C(=O)c1cccc(C(=O)Nc2ccc(F)cc2F)n1)c1ccccc1.